The van der Waals surface area contributed by atoms with Crippen molar-refractivity contribution in [1.29, 1.82) is 0 Å². The summed E-state index contributed by atoms with van der Waals surface area (Å²) in [6.45, 7) is 4.72. The minimum absolute atomic E-state index is 0.0338. The van der Waals surface area contributed by atoms with Crippen LogP contribution in [0.15, 0.2) is 42.5 Å². The van der Waals surface area contributed by atoms with Crippen LogP contribution in [-0.2, 0) is 0 Å². The molecule has 0 aliphatic carbocycles. The molecule has 0 spiro atoms. The lowest BCUT2D eigenvalue weighted by atomic mass is 10.1. The Hall–Kier alpha value is -2.40. The van der Waals surface area contributed by atoms with E-state index in [1.165, 1.54) is 0 Å². The molecule has 0 radical (unpaired) electrons. The summed E-state index contributed by atoms with van der Waals surface area (Å²) in [5, 5.41) is 2.50. The lowest BCUT2D eigenvalue weighted by Gasteiger charge is -2.14. The second-order valence-corrected chi connectivity index (χ2v) is 8.31. The van der Waals surface area contributed by atoms with E-state index < -0.39 is 11.8 Å². The molecule has 0 unspecified atom stereocenters. The number of thiocarbonyl (C=S) groups is 1. The van der Waals surface area contributed by atoms with Gasteiger partial charge in [0.2, 0.25) is 0 Å². The maximum atomic E-state index is 12.6. The Labute approximate surface area is 195 Å². The Morgan fingerprint density at radius 3 is 2.47 bits per heavy atom. The molecule has 2 aromatic carbocycles. The van der Waals surface area contributed by atoms with Gasteiger partial charge in [-0.1, -0.05) is 26.0 Å². The molecule has 0 fully saturated rings. The van der Waals surface area contributed by atoms with Crippen molar-refractivity contribution in [3.63, 3.8) is 0 Å². The normalized spacial score (nSPS) is 10.3. The molecule has 0 saturated heterocycles. The van der Waals surface area contributed by atoms with Gasteiger partial charge in [-0.2, -0.15) is 0 Å². The van der Waals surface area contributed by atoms with Gasteiger partial charge < -0.3 is 9.47 Å². The second kappa shape index (κ2) is 11.7. The van der Waals surface area contributed by atoms with Crippen LogP contribution in [0.1, 0.15) is 41.0 Å². The van der Waals surface area contributed by atoms with Crippen molar-refractivity contribution in [3.05, 3.63) is 57.2 Å². The van der Waals surface area contributed by atoms with E-state index in [-0.39, 0.29) is 5.11 Å². The SMILES string of the molecule is COc1ccc(C(=O)NNC(=S)NC(=O)c2ccccc2OCCC(C)C)cc1I. The van der Waals surface area contributed by atoms with E-state index in [0.717, 1.165) is 9.99 Å². The number of carbonyl (C=O) groups excluding carboxylic acids is 2. The molecular formula is C21H24IN3O4S. The maximum Gasteiger partial charge on any atom is 0.269 e. The first-order chi connectivity index (χ1) is 14.3. The van der Waals surface area contributed by atoms with Crippen molar-refractivity contribution < 1.29 is 19.1 Å². The van der Waals surface area contributed by atoms with E-state index in [2.05, 4.69) is 52.6 Å². The number of nitrogens with one attached hydrogen (secondary N) is 3. The Morgan fingerprint density at radius 2 is 1.80 bits per heavy atom. The van der Waals surface area contributed by atoms with Crippen LogP contribution in [0.25, 0.3) is 0 Å². The van der Waals surface area contributed by atoms with Gasteiger partial charge in [-0.3, -0.25) is 25.8 Å². The summed E-state index contributed by atoms with van der Waals surface area (Å²) in [5.41, 5.74) is 5.78. The number of benzene rings is 2. The van der Waals surface area contributed by atoms with Gasteiger partial charge in [-0.25, -0.2) is 0 Å². The minimum Gasteiger partial charge on any atom is -0.496 e. The van der Waals surface area contributed by atoms with Crippen molar-refractivity contribution in [2.45, 2.75) is 20.3 Å². The number of amides is 2. The largest absolute Gasteiger partial charge is 0.496 e. The summed E-state index contributed by atoms with van der Waals surface area (Å²) >= 11 is 7.19. The molecule has 0 heterocycles. The van der Waals surface area contributed by atoms with Crippen molar-refractivity contribution >= 4 is 51.7 Å². The van der Waals surface area contributed by atoms with Crippen LogP contribution >= 0.6 is 34.8 Å². The highest BCUT2D eigenvalue weighted by Crippen LogP contribution is 2.21. The van der Waals surface area contributed by atoms with Crippen molar-refractivity contribution in [2.24, 2.45) is 5.92 Å². The van der Waals surface area contributed by atoms with E-state index in [0.29, 0.717) is 35.2 Å². The number of hydrogen-bond donors (Lipinski definition) is 3. The molecule has 0 aromatic heterocycles. The van der Waals surface area contributed by atoms with E-state index in [9.17, 15) is 9.59 Å². The summed E-state index contributed by atoms with van der Waals surface area (Å²) in [7, 11) is 1.56. The minimum atomic E-state index is -0.430. The predicted molar refractivity (Wildman–Crippen MR) is 128 cm³/mol. The van der Waals surface area contributed by atoms with Crippen molar-refractivity contribution in [2.75, 3.05) is 13.7 Å². The summed E-state index contributed by atoms with van der Waals surface area (Å²) in [5.74, 6) is 0.832. The zero-order valence-corrected chi connectivity index (χ0v) is 19.9. The van der Waals surface area contributed by atoms with Gasteiger partial charge in [-0.15, -0.1) is 0 Å². The highest BCUT2D eigenvalue weighted by Gasteiger charge is 2.15. The molecule has 3 N–H and O–H groups in total. The van der Waals surface area contributed by atoms with E-state index in [4.69, 9.17) is 21.7 Å². The van der Waals surface area contributed by atoms with Crippen LogP contribution in [0.4, 0.5) is 0 Å². The third-order valence-electron chi connectivity index (χ3n) is 4.02. The molecule has 2 aromatic rings. The third kappa shape index (κ3) is 7.13. The van der Waals surface area contributed by atoms with Gasteiger partial charge >= 0.3 is 0 Å². The monoisotopic (exact) mass is 541 g/mol. The number of rotatable bonds is 7. The second-order valence-electron chi connectivity index (χ2n) is 6.74. The molecule has 7 nitrogen and oxygen atoms in total. The Morgan fingerprint density at radius 1 is 1.07 bits per heavy atom. The molecule has 160 valence electrons. The van der Waals surface area contributed by atoms with Gasteiger partial charge in [0, 0.05) is 5.56 Å². The van der Waals surface area contributed by atoms with E-state index >= 15 is 0 Å². The van der Waals surface area contributed by atoms with Crippen LogP contribution < -0.4 is 25.6 Å². The lowest BCUT2D eigenvalue weighted by Crippen LogP contribution is -2.48. The van der Waals surface area contributed by atoms with Crippen molar-refractivity contribution in [3.8, 4) is 11.5 Å². The zero-order valence-electron chi connectivity index (χ0n) is 17.0. The van der Waals surface area contributed by atoms with Gasteiger partial charge in [0.25, 0.3) is 11.8 Å². The quantitative estimate of drug-likeness (QED) is 0.282. The van der Waals surface area contributed by atoms with E-state index in [1.54, 1.807) is 49.6 Å². The van der Waals surface area contributed by atoms with Crippen LogP contribution in [0.3, 0.4) is 0 Å². The molecule has 0 aliphatic rings. The third-order valence-corrected chi connectivity index (χ3v) is 5.06. The first-order valence-corrected chi connectivity index (χ1v) is 10.8. The predicted octanol–water partition coefficient (Wildman–Crippen LogP) is 3.67. The molecule has 2 amide bonds. The summed E-state index contributed by atoms with van der Waals surface area (Å²) in [6.07, 6.45) is 0.881. The fourth-order valence-corrected chi connectivity index (χ4v) is 3.26. The number of ether oxygens (including phenoxy) is 2. The average molecular weight is 541 g/mol. The van der Waals surface area contributed by atoms with Gasteiger partial charge in [0.15, 0.2) is 5.11 Å². The highest BCUT2D eigenvalue weighted by atomic mass is 127. The Kier molecular flexibility index (Phi) is 9.31. The highest BCUT2D eigenvalue weighted by molar-refractivity contribution is 14.1. The first kappa shape index (κ1) is 23.9. The standard InChI is InChI=1S/C21H24IN3O4S/c1-13(2)10-11-29-17-7-5-4-6-15(17)20(27)23-21(30)25-24-19(26)14-8-9-18(28-3)16(22)12-14/h4-9,12-13H,10-11H2,1-3H3,(H,24,26)(H2,23,25,27,30). The number of halogens is 1. The fraction of sp³-hybridized carbons (Fsp3) is 0.286. The fourth-order valence-electron chi connectivity index (χ4n) is 2.38. The summed E-state index contributed by atoms with van der Waals surface area (Å²) in [6, 6.07) is 11.9. The van der Waals surface area contributed by atoms with Crippen LogP contribution in [0, 0.1) is 9.49 Å². The van der Waals surface area contributed by atoms with Crippen LogP contribution in [0.2, 0.25) is 0 Å². The number of hydrogen-bond acceptors (Lipinski definition) is 5. The molecular weight excluding hydrogens is 517 g/mol. The van der Waals surface area contributed by atoms with Crippen LogP contribution in [0.5, 0.6) is 11.5 Å². The molecule has 0 aliphatic heterocycles. The molecule has 0 atom stereocenters. The van der Waals surface area contributed by atoms with Gasteiger partial charge in [0.05, 0.1) is 22.9 Å². The van der Waals surface area contributed by atoms with Crippen molar-refractivity contribution in [1.82, 2.24) is 16.2 Å². The number of para-hydroxylation sites is 1. The Balaban J connectivity index is 1.91. The number of methoxy groups -OCH3 is 1. The first-order valence-electron chi connectivity index (χ1n) is 9.28. The molecule has 9 heteroatoms. The van der Waals surface area contributed by atoms with Crippen LogP contribution in [-0.4, -0.2) is 30.6 Å². The lowest BCUT2D eigenvalue weighted by molar-refractivity contribution is 0.0933. The average Bonchev–Trinajstić information content (AvgIpc) is 2.72. The number of hydrazine groups is 1. The zero-order chi connectivity index (χ0) is 22.1. The Bertz CT molecular complexity index is 921. The molecule has 0 bridgehead atoms. The van der Waals surface area contributed by atoms with Gasteiger partial charge in [-0.05, 0) is 77.5 Å². The molecule has 0 saturated carbocycles. The van der Waals surface area contributed by atoms with Gasteiger partial charge in [0.1, 0.15) is 11.5 Å². The maximum absolute atomic E-state index is 12.6. The van der Waals surface area contributed by atoms with E-state index in [1.807, 2.05) is 0 Å². The topological polar surface area (TPSA) is 88.7 Å². The molecule has 2 rings (SSSR count). The summed E-state index contributed by atoms with van der Waals surface area (Å²) < 4.78 is 11.7. The molecule has 30 heavy (non-hydrogen) atoms. The summed E-state index contributed by atoms with van der Waals surface area (Å²) in [4.78, 5) is 24.8. The number of carbonyl (C=O) groups is 2. The smallest absolute Gasteiger partial charge is 0.269 e.